The van der Waals surface area contributed by atoms with Gasteiger partial charge in [0, 0.05) is 87.5 Å². The van der Waals surface area contributed by atoms with Crippen LogP contribution in [0.2, 0.25) is 0 Å². The lowest BCUT2D eigenvalue weighted by Crippen LogP contribution is -2.66. The highest BCUT2D eigenvalue weighted by Gasteiger charge is 2.49. The molecule has 11 rings (SSSR count). The number of benzene rings is 3. The first-order valence-electron chi connectivity index (χ1n) is 37.5. The van der Waals surface area contributed by atoms with Gasteiger partial charge in [-0.05, 0) is 106 Å². The van der Waals surface area contributed by atoms with Gasteiger partial charge in [-0.25, -0.2) is 19.1 Å². The first kappa shape index (κ1) is 82.7. The van der Waals surface area contributed by atoms with Crippen LogP contribution in [-0.2, 0) is 52.1 Å². The number of rotatable bonds is 33. The van der Waals surface area contributed by atoms with E-state index >= 15 is 4.79 Å². The Morgan fingerprint density at radius 3 is 2.20 bits per heavy atom. The SMILES string of the molecule is Cc1ncsc1-c1ccc([C@H](C)NC(=O)[C@@H]2C[C@@H](OP(=O)(O)O)CN2C(=O)[C@@H](c2cc(OCCN3CCC(N4CCN5c6cc(-c7ccccc7O)nnc6N(C(=O)OC(NC(=O)[C@H](CCCNC(N)=O)NC(=O)[C@@H](NC(=O)CCOCCN6C(=O)C=CC6=O)C(C)C)c6ccccc6)[C@@H](C)[C@@H]5C4)CC3)no2)C(C)C)cc1. The van der Waals surface area contributed by atoms with E-state index < -0.39 is 116 Å². The second kappa shape index (κ2) is 37.4. The smallest absolute Gasteiger partial charge is 0.469 e. The summed E-state index contributed by atoms with van der Waals surface area (Å²) in [4.78, 5) is 158. The van der Waals surface area contributed by atoms with Crippen LogP contribution in [-0.4, -0.2) is 229 Å². The summed E-state index contributed by atoms with van der Waals surface area (Å²) in [6.45, 7) is 16.2. The van der Waals surface area contributed by atoms with E-state index in [1.165, 1.54) is 21.1 Å². The summed E-state index contributed by atoms with van der Waals surface area (Å²) in [6, 6.07) is 20.5. The molecule has 112 heavy (non-hydrogen) atoms. The van der Waals surface area contributed by atoms with E-state index in [2.05, 4.69) is 61.6 Å². The largest absolute Gasteiger partial charge is 0.507 e. The number of nitrogens with two attached hydrogens (primary N) is 1. The number of phosphoric acid groups is 1. The van der Waals surface area contributed by atoms with Crippen molar-refractivity contribution in [2.75, 3.05) is 88.5 Å². The zero-order valence-electron chi connectivity index (χ0n) is 63.4. The molecular weight excluding hydrogens is 1490 g/mol. The maximum atomic E-state index is 15.3. The molecule has 3 fully saturated rings. The van der Waals surface area contributed by atoms with Crippen LogP contribution in [0, 0.1) is 18.8 Å². The number of fused-ring (bicyclic) bond motifs is 3. The number of imide groups is 1. The summed E-state index contributed by atoms with van der Waals surface area (Å²) in [5.41, 5.74) is 11.5. The molecule has 5 aliphatic heterocycles. The van der Waals surface area contributed by atoms with Crippen molar-refractivity contribution in [2.45, 2.75) is 148 Å². The van der Waals surface area contributed by atoms with E-state index in [4.69, 9.17) is 29.0 Å². The molecule has 3 aromatic heterocycles. The zero-order valence-corrected chi connectivity index (χ0v) is 65.1. The molecular formula is C76H97N16O18PS. The van der Waals surface area contributed by atoms with Crippen LogP contribution in [0.5, 0.6) is 11.6 Å². The van der Waals surface area contributed by atoms with Gasteiger partial charge in [0.1, 0.15) is 36.4 Å². The molecule has 6 aromatic rings. The highest BCUT2D eigenvalue weighted by atomic mass is 32.1. The van der Waals surface area contributed by atoms with Gasteiger partial charge in [-0.1, -0.05) is 94.4 Å². The average Bonchev–Trinajstić information content (AvgIpc) is 0.817. The molecule has 10 N–H and O–H groups in total. The number of piperidine rings is 1. The highest BCUT2D eigenvalue weighted by molar-refractivity contribution is 7.46. The van der Waals surface area contributed by atoms with E-state index in [9.17, 15) is 57.8 Å². The van der Waals surface area contributed by atoms with Crippen LogP contribution >= 0.6 is 19.2 Å². The lowest BCUT2D eigenvalue weighted by atomic mass is 9.91. The number of aryl methyl sites for hydroxylation is 1. The molecule has 3 aromatic carbocycles. The van der Waals surface area contributed by atoms with E-state index in [1.54, 1.807) is 86.1 Å². The standard InChI is InChI=1S/C76H97N16O18PS/c1-44(2)66(74(100)91-41-53(110-111(103,104)105)38-58(91)71(98)80-46(5)49-19-21-50(22-20-49)68-47(6)79-43-112-68)61-40-63(86-109-61)107-37-33-87-29-25-52(26-30-87)88-31-32-89-57-39-56(54-16-11-12-18-60(54)93)84-85-69(57)92(48(7)59(89)42-88)76(102)108-73(51-14-9-8-10-15-51)83-70(97)55(17-13-28-78-75(77)101)81-72(99)67(45(3)4)82-62(94)27-35-106-36-34-90-64(95)23-24-65(90)96/h8-12,14-16,18-24,39-40,43-46,48,52-53,55,58-59,66-67,73,93H,13,17,25-38,41-42H2,1-7H3,(H,80,98)(H,81,99)(H,82,94)(H,83,97)(H3,77,78,101)(H2,103,104,105)/t46-,48-,53+,55-,58-,59-,66+,67-,73?/m0/s1. The number of likely N-dealkylation sites (tertiary alicyclic amines) is 2. The Kier molecular flexibility index (Phi) is 27.6. The number of phosphoric ester groups is 1. The molecule has 5 aliphatic rings. The number of amides is 10. The summed E-state index contributed by atoms with van der Waals surface area (Å²) in [5.74, 6) is -5.35. The summed E-state index contributed by atoms with van der Waals surface area (Å²) >= 11 is 1.53. The third kappa shape index (κ3) is 20.7. The molecule has 10 amide bonds. The van der Waals surface area contributed by atoms with Crippen molar-refractivity contribution in [3.63, 3.8) is 0 Å². The Labute approximate surface area is 651 Å². The minimum Gasteiger partial charge on any atom is -0.507 e. The third-order valence-corrected chi connectivity index (χ3v) is 22.3. The van der Waals surface area contributed by atoms with Gasteiger partial charge in [0.25, 0.3) is 17.7 Å². The number of ether oxygens (including phenoxy) is 3. The number of aromatic nitrogens is 4. The van der Waals surface area contributed by atoms with Gasteiger partial charge < -0.3 is 75.7 Å². The van der Waals surface area contributed by atoms with E-state index in [-0.39, 0.29) is 106 Å². The first-order valence-corrected chi connectivity index (χ1v) is 39.9. The number of phenols is 1. The fourth-order valence-corrected chi connectivity index (χ4v) is 16.2. The lowest BCUT2D eigenvalue weighted by Gasteiger charge is -2.53. The number of carbonyl (C=O) groups excluding carboxylic acids is 9. The van der Waals surface area contributed by atoms with Crippen LogP contribution in [0.25, 0.3) is 21.7 Å². The maximum absolute atomic E-state index is 15.3. The Morgan fingerprint density at radius 1 is 0.795 bits per heavy atom. The predicted molar refractivity (Wildman–Crippen MR) is 409 cm³/mol. The van der Waals surface area contributed by atoms with E-state index in [0.29, 0.717) is 48.7 Å². The number of primary amides is 1. The second-order valence-corrected chi connectivity index (χ2v) is 31.1. The van der Waals surface area contributed by atoms with Gasteiger partial charge in [0.2, 0.25) is 35.8 Å². The fourth-order valence-electron chi connectivity index (χ4n) is 14.8. The maximum Gasteiger partial charge on any atom is 0.469 e. The average molecular weight is 1590 g/mol. The third-order valence-electron chi connectivity index (χ3n) is 20.8. The van der Waals surface area contributed by atoms with Gasteiger partial charge in [-0.2, -0.15) is 0 Å². The molecule has 0 spiro atoms. The van der Waals surface area contributed by atoms with Crippen LogP contribution in [0.1, 0.15) is 121 Å². The molecule has 1 unspecified atom stereocenters. The number of hydrogen-bond donors (Lipinski definition) is 9. The Hall–Kier alpha value is -10.3. The molecule has 0 saturated carbocycles. The van der Waals surface area contributed by atoms with E-state index in [1.807, 2.05) is 58.9 Å². The van der Waals surface area contributed by atoms with Crippen molar-refractivity contribution in [1.29, 1.82) is 0 Å². The number of carbonyl (C=O) groups is 9. The van der Waals surface area contributed by atoms with Crippen LogP contribution < -0.4 is 46.9 Å². The Bertz CT molecular complexity index is 4400. The summed E-state index contributed by atoms with van der Waals surface area (Å²) in [7, 11) is -5.01. The zero-order chi connectivity index (χ0) is 80.1. The van der Waals surface area contributed by atoms with Crippen LogP contribution in [0.3, 0.4) is 0 Å². The molecule has 0 radical (unpaired) electrons. The van der Waals surface area contributed by atoms with Crippen LogP contribution in [0.4, 0.5) is 21.1 Å². The van der Waals surface area contributed by atoms with Crippen molar-refractivity contribution in [3.8, 4) is 33.3 Å². The van der Waals surface area contributed by atoms with Gasteiger partial charge in [0.15, 0.2) is 11.6 Å². The number of piperazine rings is 1. The van der Waals surface area contributed by atoms with E-state index in [0.717, 1.165) is 64.7 Å². The number of aromatic hydroxyl groups is 1. The minimum absolute atomic E-state index is 0.0112. The predicted octanol–water partition coefficient (Wildman–Crippen LogP) is 5.56. The van der Waals surface area contributed by atoms with Gasteiger partial charge in [-0.3, -0.25) is 57.7 Å². The molecule has 0 bridgehead atoms. The number of para-hydroxylation sites is 1. The van der Waals surface area contributed by atoms with Crippen molar-refractivity contribution in [1.82, 2.24) is 66.5 Å². The number of nitrogens with zero attached hydrogens (tertiary/aromatic N) is 10. The number of thiazole rings is 1. The summed E-state index contributed by atoms with van der Waals surface area (Å²) in [6.07, 6.45) is 0.172. The molecule has 34 nitrogen and oxygen atoms in total. The quantitative estimate of drug-likeness (QED) is 0.0105. The van der Waals surface area contributed by atoms with Gasteiger partial charge in [-0.15, -0.1) is 21.5 Å². The number of anilines is 2. The van der Waals surface area contributed by atoms with Crippen molar-refractivity contribution < 1.29 is 85.9 Å². The Balaban J connectivity index is 0.725. The molecule has 9 atom stereocenters. The molecule has 8 heterocycles. The first-order chi connectivity index (χ1) is 53.6. The summed E-state index contributed by atoms with van der Waals surface area (Å²) in [5, 5.41) is 38.2. The monoisotopic (exact) mass is 1580 g/mol. The summed E-state index contributed by atoms with van der Waals surface area (Å²) < 4.78 is 41.1. The number of hydrogen-bond acceptors (Lipinski definition) is 24. The second-order valence-electron chi connectivity index (χ2n) is 29.1. The number of phenolic OH excluding ortho intramolecular Hbond substituents is 1. The number of nitrogens with one attached hydrogen (secondary N) is 5. The fraction of sp³-hybridized carbons (Fsp3) is 0.487. The van der Waals surface area contributed by atoms with Crippen molar-refractivity contribution in [2.24, 2.45) is 17.6 Å². The highest BCUT2D eigenvalue weighted by Crippen LogP contribution is 2.44. The molecule has 3 saturated heterocycles. The lowest BCUT2D eigenvalue weighted by molar-refractivity contribution is -0.141. The minimum atomic E-state index is -5.01. The topological polar surface area (TPSA) is 439 Å². The molecule has 0 aliphatic carbocycles. The normalized spacial score (nSPS) is 19.5. The van der Waals surface area contributed by atoms with Crippen LogP contribution in [0.15, 0.2) is 113 Å². The molecule has 36 heteroatoms. The van der Waals surface area contributed by atoms with Crippen molar-refractivity contribution in [3.05, 3.63) is 131 Å². The Morgan fingerprint density at radius 2 is 1.52 bits per heavy atom. The van der Waals surface area contributed by atoms with Gasteiger partial charge >= 0.3 is 19.9 Å². The van der Waals surface area contributed by atoms with Crippen molar-refractivity contribution >= 4 is 84.1 Å². The molecule has 600 valence electrons. The van der Waals surface area contributed by atoms with Gasteiger partial charge in [0.05, 0.1) is 71.5 Å². The number of urea groups is 1.